The Balaban J connectivity index is 0.00000341. The van der Waals surface area contributed by atoms with Gasteiger partial charge in [0.2, 0.25) is 5.91 Å². The molecule has 1 atom stereocenters. The summed E-state index contributed by atoms with van der Waals surface area (Å²) in [7, 11) is 1.77. The van der Waals surface area contributed by atoms with Crippen molar-refractivity contribution in [3.63, 3.8) is 0 Å². The van der Waals surface area contributed by atoms with Gasteiger partial charge in [-0.2, -0.15) is 0 Å². The van der Waals surface area contributed by atoms with Crippen LogP contribution in [0, 0.1) is 5.92 Å². The number of aliphatic imine (C=N–C) groups is 1. The second-order valence-electron chi connectivity index (χ2n) is 7.72. The molecule has 1 amide bonds. The average molecular weight is 556 g/mol. The molecular weight excluding hydrogens is 521 g/mol. The first kappa shape index (κ1) is 25.5. The predicted octanol–water partition coefficient (Wildman–Crippen LogP) is 3.45. The van der Waals surface area contributed by atoms with Crippen LogP contribution in [0.1, 0.15) is 18.2 Å². The Bertz CT molecular complexity index is 792. The fraction of sp³-hybridized carbons (Fsp3) is 0.478. The standard InChI is InChI=1S/C23H33N5OS.HI/c1-19(17-21-9-6-16-30-21)18-26-23(24-2)25-11-10-22(29)28-14-12-27(13-15-28)20-7-4-3-5-8-20;/h3-9,16,19H,10-15,17-18H2,1-2H3,(H2,24,25,26);1H. The number of carbonyl (C=O) groups is 1. The lowest BCUT2D eigenvalue weighted by atomic mass is 10.1. The second kappa shape index (κ2) is 13.6. The van der Waals surface area contributed by atoms with Crippen molar-refractivity contribution in [2.24, 2.45) is 10.9 Å². The summed E-state index contributed by atoms with van der Waals surface area (Å²) >= 11 is 1.80. The van der Waals surface area contributed by atoms with E-state index < -0.39 is 0 Å². The van der Waals surface area contributed by atoms with Gasteiger partial charge in [-0.15, -0.1) is 35.3 Å². The summed E-state index contributed by atoms with van der Waals surface area (Å²) in [6.07, 6.45) is 1.55. The van der Waals surface area contributed by atoms with E-state index in [1.54, 1.807) is 18.4 Å². The van der Waals surface area contributed by atoms with E-state index in [2.05, 4.69) is 69.2 Å². The van der Waals surface area contributed by atoms with Crippen molar-refractivity contribution < 1.29 is 4.79 Å². The molecule has 2 heterocycles. The Kier molecular flexibility index (Phi) is 11.1. The van der Waals surface area contributed by atoms with Crippen LogP contribution in [0.3, 0.4) is 0 Å². The lowest BCUT2D eigenvalue weighted by Gasteiger charge is -2.36. The zero-order valence-electron chi connectivity index (χ0n) is 18.4. The van der Waals surface area contributed by atoms with Crippen LogP contribution in [-0.4, -0.2) is 63.1 Å². The summed E-state index contributed by atoms with van der Waals surface area (Å²) < 4.78 is 0. The van der Waals surface area contributed by atoms with Crippen LogP contribution in [0.25, 0.3) is 0 Å². The minimum absolute atomic E-state index is 0. The fourth-order valence-corrected chi connectivity index (χ4v) is 4.50. The minimum Gasteiger partial charge on any atom is -0.368 e. The number of anilines is 1. The third kappa shape index (κ3) is 8.33. The first-order chi connectivity index (χ1) is 14.7. The Morgan fingerprint density at radius 3 is 2.48 bits per heavy atom. The van der Waals surface area contributed by atoms with Gasteiger partial charge in [-0.25, -0.2) is 0 Å². The van der Waals surface area contributed by atoms with E-state index >= 15 is 0 Å². The molecule has 2 N–H and O–H groups in total. The lowest BCUT2D eigenvalue weighted by Crippen LogP contribution is -2.49. The van der Waals surface area contributed by atoms with Crippen molar-refractivity contribution in [3.8, 4) is 0 Å². The summed E-state index contributed by atoms with van der Waals surface area (Å²) in [5.74, 6) is 1.48. The van der Waals surface area contributed by atoms with Crippen LogP contribution in [-0.2, 0) is 11.2 Å². The molecule has 1 aliphatic heterocycles. The largest absolute Gasteiger partial charge is 0.368 e. The van der Waals surface area contributed by atoms with Crippen LogP contribution in [0.2, 0.25) is 0 Å². The van der Waals surface area contributed by atoms with E-state index in [1.165, 1.54) is 10.6 Å². The van der Waals surface area contributed by atoms with E-state index in [9.17, 15) is 4.79 Å². The number of hydrogen-bond acceptors (Lipinski definition) is 4. The van der Waals surface area contributed by atoms with Crippen molar-refractivity contribution >= 4 is 52.9 Å². The van der Waals surface area contributed by atoms with Gasteiger partial charge in [0.15, 0.2) is 5.96 Å². The van der Waals surface area contributed by atoms with Gasteiger partial charge in [0.25, 0.3) is 0 Å². The topological polar surface area (TPSA) is 60.0 Å². The smallest absolute Gasteiger partial charge is 0.224 e. The predicted molar refractivity (Wildman–Crippen MR) is 142 cm³/mol. The molecule has 8 heteroatoms. The van der Waals surface area contributed by atoms with Gasteiger partial charge in [0, 0.05) is 63.3 Å². The number of benzene rings is 1. The van der Waals surface area contributed by atoms with Gasteiger partial charge in [0.1, 0.15) is 0 Å². The molecular formula is C23H34IN5OS. The summed E-state index contributed by atoms with van der Waals surface area (Å²) in [5.41, 5.74) is 1.23. The van der Waals surface area contributed by atoms with E-state index in [0.29, 0.717) is 18.9 Å². The zero-order valence-corrected chi connectivity index (χ0v) is 21.6. The number of halogens is 1. The molecule has 31 heavy (non-hydrogen) atoms. The van der Waals surface area contributed by atoms with Gasteiger partial charge >= 0.3 is 0 Å². The SMILES string of the molecule is CN=C(NCCC(=O)N1CCN(c2ccccc2)CC1)NCC(C)Cc1cccs1.I. The molecule has 6 nitrogen and oxygen atoms in total. The molecule has 0 saturated carbocycles. The Labute approximate surface area is 207 Å². The summed E-state index contributed by atoms with van der Waals surface area (Å²) in [6.45, 7) is 7.01. The highest BCUT2D eigenvalue weighted by atomic mass is 127. The van der Waals surface area contributed by atoms with Gasteiger partial charge in [-0.05, 0) is 35.9 Å². The molecule has 2 aromatic rings. The Morgan fingerprint density at radius 1 is 1.10 bits per heavy atom. The van der Waals surface area contributed by atoms with Crippen molar-refractivity contribution in [1.82, 2.24) is 15.5 Å². The molecule has 1 aliphatic rings. The summed E-state index contributed by atoms with van der Waals surface area (Å²) in [6, 6.07) is 14.7. The molecule has 0 bridgehead atoms. The van der Waals surface area contributed by atoms with Gasteiger partial charge in [-0.3, -0.25) is 9.79 Å². The first-order valence-electron chi connectivity index (χ1n) is 10.7. The van der Waals surface area contributed by atoms with Crippen LogP contribution in [0.15, 0.2) is 52.8 Å². The molecule has 1 aromatic heterocycles. The van der Waals surface area contributed by atoms with E-state index in [0.717, 1.165) is 45.1 Å². The Morgan fingerprint density at radius 2 is 1.84 bits per heavy atom. The molecule has 0 aliphatic carbocycles. The molecule has 1 unspecified atom stereocenters. The number of carbonyl (C=O) groups excluding carboxylic acids is 1. The number of rotatable bonds is 8. The number of guanidine groups is 1. The Hall–Kier alpha value is -1.81. The maximum Gasteiger partial charge on any atom is 0.224 e. The third-order valence-electron chi connectivity index (χ3n) is 5.36. The number of amides is 1. The molecule has 3 rings (SSSR count). The van der Waals surface area contributed by atoms with E-state index in [1.807, 2.05) is 11.0 Å². The number of nitrogens with one attached hydrogen (secondary N) is 2. The van der Waals surface area contributed by atoms with Gasteiger partial charge < -0.3 is 20.4 Å². The van der Waals surface area contributed by atoms with E-state index in [-0.39, 0.29) is 29.9 Å². The molecule has 170 valence electrons. The maximum absolute atomic E-state index is 12.6. The normalized spacial score (nSPS) is 15.2. The fourth-order valence-electron chi connectivity index (χ4n) is 3.63. The highest BCUT2D eigenvalue weighted by Crippen LogP contribution is 2.16. The van der Waals surface area contributed by atoms with Crippen molar-refractivity contribution in [2.75, 3.05) is 51.2 Å². The monoisotopic (exact) mass is 555 g/mol. The second-order valence-corrected chi connectivity index (χ2v) is 8.75. The van der Waals surface area contributed by atoms with Crippen molar-refractivity contribution in [3.05, 3.63) is 52.7 Å². The molecule has 0 spiro atoms. The molecule has 1 saturated heterocycles. The quantitative estimate of drug-likeness (QED) is 0.298. The third-order valence-corrected chi connectivity index (χ3v) is 6.26. The van der Waals surface area contributed by atoms with Crippen LogP contribution in [0.5, 0.6) is 0 Å². The molecule has 0 radical (unpaired) electrons. The van der Waals surface area contributed by atoms with Crippen LogP contribution < -0.4 is 15.5 Å². The van der Waals surface area contributed by atoms with Crippen LogP contribution >= 0.6 is 35.3 Å². The van der Waals surface area contributed by atoms with Crippen LogP contribution in [0.4, 0.5) is 5.69 Å². The average Bonchev–Trinajstić information content (AvgIpc) is 3.29. The lowest BCUT2D eigenvalue weighted by molar-refractivity contribution is -0.131. The number of hydrogen-bond donors (Lipinski definition) is 2. The van der Waals surface area contributed by atoms with Crippen molar-refractivity contribution in [2.45, 2.75) is 19.8 Å². The van der Waals surface area contributed by atoms with Gasteiger partial charge in [0.05, 0.1) is 0 Å². The maximum atomic E-state index is 12.6. The molecule has 1 fully saturated rings. The summed E-state index contributed by atoms with van der Waals surface area (Å²) in [5, 5.41) is 8.76. The molecule has 1 aromatic carbocycles. The number of para-hydroxylation sites is 1. The van der Waals surface area contributed by atoms with Gasteiger partial charge in [-0.1, -0.05) is 31.2 Å². The first-order valence-corrected chi connectivity index (χ1v) is 11.6. The van der Waals surface area contributed by atoms with Crippen molar-refractivity contribution in [1.29, 1.82) is 0 Å². The summed E-state index contributed by atoms with van der Waals surface area (Å²) in [4.78, 5) is 22.6. The number of piperazine rings is 1. The highest BCUT2D eigenvalue weighted by Gasteiger charge is 2.20. The number of nitrogens with zero attached hydrogens (tertiary/aromatic N) is 3. The number of thiophene rings is 1. The van der Waals surface area contributed by atoms with E-state index in [4.69, 9.17) is 0 Å². The highest BCUT2D eigenvalue weighted by molar-refractivity contribution is 14.0. The zero-order chi connectivity index (χ0) is 21.2. The minimum atomic E-state index is 0.